The fourth-order valence-electron chi connectivity index (χ4n) is 1.92. The molecule has 22 heavy (non-hydrogen) atoms. The number of halogens is 3. The van der Waals surface area contributed by atoms with Gasteiger partial charge in [0.1, 0.15) is 6.61 Å². The predicted molar refractivity (Wildman–Crippen MR) is 76.0 cm³/mol. The van der Waals surface area contributed by atoms with Gasteiger partial charge in [-0.05, 0) is 29.7 Å². The average Bonchev–Trinajstić information content (AvgIpc) is 2.51. The van der Waals surface area contributed by atoms with Gasteiger partial charge in [-0.25, -0.2) is 0 Å². The van der Waals surface area contributed by atoms with Crippen molar-refractivity contribution in [1.29, 1.82) is 0 Å². The minimum atomic E-state index is -4.36. The van der Waals surface area contributed by atoms with Crippen molar-refractivity contribution in [2.45, 2.75) is 25.6 Å². The molecule has 2 nitrogen and oxygen atoms in total. The number of rotatable bonds is 5. The number of carbonyl (C=O) groups is 1. The molecule has 116 valence electrons. The molecule has 0 saturated heterocycles. The van der Waals surface area contributed by atoms with Gasteiger partial charge >= 0.3 is 12.1 Å². The van der Waals surface area contributed by atoms with Crippen LogP contribution in [-0.2, 0) is 28.7 Å². The standard InChI is InChI=1S/C17H15F3O2/c18-17(19,20)15-9-6-14(7-10-15)12-22-16(21)11-8-13-4-2-1-3-5-13/h1-7,9-10H,8,11-12H2. The van der Waals surface area contributed by atoms with Crippen molar-refractivity contribution in [3.05, 3.63) is 71.3 Å². The maximum Gasteiger partial charge on any atom is 0.416 e. The summed E-state index contributed by atoms with van der Waals surface area (Å²) in [7, 11) is 0. The summed E-state index contributed by atoms with van der Waals surface area (Å²) >= 11 is 0. The Kier molecular flexibility index (Phi) is 5.20. The molecule has 0 amide bonds. The largest absolute Gasteiger partial charge is 0.461 e. The van der Waals surface area contributed by atoms with Crippen molar-refractivity contribution in [3.8, 4) is 0 Å². The molecule has 0 aliphatic heterocycles. The van der Waals surface area contributed by atoms with Crippen LogP contribution in [0.2, 0.25) is 0 Å². The summed E-state index contributed by atoms with van der Waals surface area (Å²) in [6, 6.07) is 14.1. The van der Waals surface area contributed by atoms with E-state index in [0.29, 0.717) is 12.0 Å². The molecule has 0 bridgehead atoms. The molecule has 0 heterocycles. The first kappa shape index (κ1) is 16.1. The van der Waals surface area contributed by atoms with Crippen LogP contribution >= 0.6 is 0 Å². The van der Waals surface area contributed by atoms with E-state index in [1.165, 1.54) is 12.1 Å². The minimum Gasteiger partial charge on any atom is -0.461 e. The lowest BCUT2D eigenvalue weighted by atomic mass is 10.1. The van der Waals surface area contributed by atoms with Gasteiger partial charge in [-0.3, -0.25) is 4.79 Å². The van der Waals surface area contributed by atoms with Gasteiger partial charge in [0, 0.05) is 6.42 Å². The van der Waals surface area contributed by atoms with Crippen LogP contribution in [0.1, 0.15) is 23.1 Å². The van der Waals surface area contributed by atoms with E-state index in [0.717, 1.165) is 17.7 Å². The number of ether oxygens (including phenoxy) is 1. The number of carbonyl (C=O) groups excluding carboxylic acids is 1. The smallest absolute Gasteiger partial charge is 0.416 e. The molecule has 0 aromatic heterocycles. The summed E-state index contributed by atoms with van der Waals surface area (Å²) in [6.45, 7) is -0.0221. The Labute approximate surface area is 126 Å². The maximum absolute atomic E-state index is 12.4. The van der Waals surface area contributed by atoms with Gasteiger partial charge in [-0.15, -0.1) is 0 Å². The van der Waals surface area contributed by atoms with Crippen LogP contribution in [0.15, 0.2) is 54.6 Å². The third-order valence-corrected chi connectivity index (χ3v) is 3.14. The van der Waals surface area contributed by atoms with E-state index >= 15 is 0 Å². The SMILES string of the molecule is O=C(CCc1ccccc1)OCc1ccc(C(F)(F)F)cc1. The molecule has 2 aromatic rings. The fourth-order valence-corrected chi connectivity index (χ4v) is 1.92. The van der Waals surface area contributed by atoms with Gasteiger partial charge in [-0.2, -0.15) is 13.2 Å². The third kappa shape index (κ3) is 4.91. The molecule has 0 N–H and O–H groups in total. The first-order valence-electron chi connectivity index (χ1n) is 6.81. The monoisotopic (exact) mass is 308 g/mol. The molecule has 0 radical (unpaired) electrons. The highest BCUT2D eigenvalue weighted by Gasteiger charge is 2.29. The average molecular weight is 308 g/mol. The number of hydrogen-bond acceptors (Lipinski definition) is 2. The Morgan fingerprint density at radius 3 is 2.14 bits per heavy atom. The lowest BCUT2D eigenvalue weighted by molar-refractivity contribution is -0.145. The molecule has 0 aliphatic carbocycles. The molecular formula is C17H15F3O2. The lowest BCUT2D eigenvalue weighted by Gasteiger charge is -2.08. The Bertz CT molecular complexity index is 604. The number of esters is 1. The Hall–Kier alpha value is -2.30. The quantitative estimate of drug-likeness (QED) is 0.766. The minimum absolute atomic E-state index is 0.0221. The van der Waals surface area contributed by atoms with E-state index < -0.39 is 11.7 Å². The molecule has 0 atom stereocenters. The van der Waals surface area contributed by atoms with Crippen molar-refractivity contribution >= 4 is 5.97 Å². The van der Waals surface area contributed by atoms with Crippen molar-refractivity contribution in [2.75, 3.05) is 0 Å². The van der Waals surface area contributed by atoms with Gasteiger partial charge < -0.3 is 4.74 Å². The van der Waals surface area contributed by atoms with Gasteiger partial charge in [0.2, 0.25) is 0 Å². The van der Waals surface area contributed by atoms with Gasteiger partial charge in [0.25, 0.3) is 0 Å². The second-order valence-electron chi connectivity index (χ2n) is 4.84. The topological polar surface area (TPSA) is 26.3 Å². The Morgan fingerprint density at radius 2 is 1.55 bits per heavy atom. The highest BCUT2D eigenvalue weighted by atomic mass is 19.4. The van der Waals surface area contributed by atoms with Crippen LogP contribution in [0.25, 0.3) is 0 Å². The first-order chi connectivity index (χ1) is 10.4. The predicted octanol–water partition coefficient (Wildman–Crippen LogP) is 4.38. The molecule has 2 rings (SSSR count). The molecule has 0 spiro atoms. The van der Waals surface area contributed by atoms with Crippen LogP contribution in [-0.4, -0.2) is 5.97 Å². The van der Waals surface area contributed by atoms with Crippen molar-refractivity contribution in [1.82, 2.24) is 0 Å². The second kappa shape index (κ2) is 7.11. The zero-order chi connectivity index (χ0) is 16.0. The van der Waals surface area contributed by atoms with E-state index in [4.69, 9.17) is 4.74 Å². The molecule has 0 fully saturated rings. The van der Waals surface area contributed by atoms with Crippen LogP contribution in [0.5, 0.6) is 0 Å². The van der Waals surface area contributed by atoms with Crippen LogP contribution in [0.4, 0.5) is 13.2 Å². The Morgan fingerprint density at radius 1 is 0.909 bits per heavy atom. The molecule has 0 unspecified atom stereocenters. The number of aryl methyl sites for hydroxylation is 1. The molecule has 0 aliphatic rings. The van der Waals surface area contributed by atoms with Gasteiger partial charge in [0.15, 0.2) is 0 Å². The van der Waals surface area contributed by atoms with Crippen LogP contribution < -0.4 is 0 Å². The maximum atomic E-state index is 12.4. The van der Waals surface area contributed by atoms with Crippen molar-refractivity contribution < 1.29 is 22.7 Å². The van der Waals surface area contributed by atoms with Gasteiger partial charge in [-0.1, -0.05) is 42.5 Å². The van der Waals surface area contributed by atoms with E-state index in [9.17, 15) is 18.0 Å². The summed E-state index contributed by atoms with van der Waals surface area (Å²) < 4.78 is 42.3. The fraction of sp³-hybridized carbons (Fsp3) is 0.235. The van der Waals surface area contributed by atoms with Crippen molar-refractivity contribution in [2.24, 2.45) is 0 Å². The van der Waals surface area contributed by atoms with Crippen LogP contribution in [0, 0.1) is 0 Å². The van der Waals surface area contributed by atoms with Gasteiger partial charge in [0.05, 0.1) is 5.56 Å². The van der Waals surface area contributed by atoms with E-state index in [1.54, 1.807) is 0 Å². The molecule has 0 saturated carbocycles. The zero-order valence-electron chi connectivity index (χ0n) is 11.8. The summed E-state index contributed by atoms with van der Waals surface area (Å²) in [5, 5.41) is 0. The van der Waals surface area contributed by atoms with E-state index in [-0.39, 0.29) is 19.0 Å². The second-order valence-corrected chi connectivity index (χ2v) is 4.84. The van der Waals surface area contributed by atoms with Crippen molar-refractivity contribution in [3.63, 3.8) is 0 Å². The molecular weight excluding hydrogens is 293 g/mol. The normalized spacial score (nSPS) is 11.2. The van der Waals surface area contributed by atoms with Crippen LogP contribution in [0.3, 0.4) is 0 Å². The number of hydrogen-bond donors (Lipinski definition) is 0. The summed E-state index contributed by atoms with van der Waals surface area (Å²) in [5.74, 6) is -0.372. The highest BCUT2D eigenvalue weighted by Crippen LogP contribution is 2.29. The van der Waals surface area contributed by atoms with E-state index in [2.05, 4.69) is 0 Å². The lowest BCUT2D eigenvalue weighted by Crippen LogP contribution is -2.07. The molecule has 5 heteroatoms. The Balaban J connectivity index is 1.79. The summed E-state index contributed by atoms with van der Waals surface area (Å²) in [5.41, 5.74) is 0.849. The molecule has 2 aromatic carbocycles. The van der Waals surface area contributed by atoms with E-state index in [1.807, 2.05) is 30.3 Å². The summed E-state index contributed by atoms with van der Waals surface area (Å²) in [4.78, 5) is 11.6. The first-order valence-corrected chi connectivity index (χ1v) is 6.81. The number of alkyl halides is 3. The zero-order valence-corrected chi connectivity index (χ0v) is 11.8. The number of benzene rings is 2. The highest BCUT2D eigenvalue weighted by molar-refractivity contribution is 5.69. The third-order valence-electron chi connectivity index (χ3n) is 3.14. The summed E-state index contributed by atoms with van der Waals surface area (Å²) in [6.07, 6.45) is -3.54.